The Morgan fingerprint density at radius 3 is 1.47 bits per heavy atom. The van der Waals surface area contributed by atoms with Crippen molar-refractivity contribution >= 4 is 49.6 Å². The fraction of sp³-hybridized carbons (Fsp3) is 0.727. The number of rotatable bonds is 19. The lowest BCUT2D eigenvalue weighted by molar-refractivity contribution is 0.539. The quantitative estimate of drug-likeness (QED) is 0.204. The molecule has 0 aromatic heterocycles. The fourth-order valence-corrected chi connectivity index (χ4v) is 3.02. The summed E-state index contributed by atoms with van der Waals surface area (Å²) in [5.41, 5.74) is 6.88. The van der Waals surface area contributed by atoms with Crippen LogP contribution in [0, 0.1) is 0 Å². The summed E-state index contributed by atoms with van der Waals surface area (Å²) < 4.78 is 0. The highest BCUT2D eigenvalue weighted by Crippen LogP contribution is 2.04. The van der Waals surface area contributed by atoms with Crippen molar-refractivity contribution in [1.29, 1.82) is 0 Å². The van der Waals surface area contributed by atoms with Crippen molar-refractivity contribution in [2.24, 2.45) is 5.73 Å². The van der Waals surface area contributed by atoms with Crippen LogP contribution in [0.25, 0.3) is 0 Å². The molecule has 0 aliphatic carbocycles. The Labute approximate surface area is 210 Å². The van der Waals surface area contributed by atoms with Crippen molar-refractivity contribution in [1.82, 2.24) is 16.0 Å². The normalized spacial score (nSPS) is 9.63. The Kier molecular flexibility index (Phi) is 39.3. The van der Waals surface area contributed by atoms with Gasteiger partial charge in [-0.2, -0.15) is 0 Å². The predicted molar refractivity (Wildman–Crippen MR) is 144 cm³/mol. The molecule has 0 aliphatic heterocycles. The summed E-state index contributed by atoms with van der Waals surface area (Å²) >= 11 is 0. The van der Waals surface area contributed by atoms with E-state index in [1.54, 1.807) is 0 Å². The Hall–Kier alpha value is 0.220. The zero-order valence-corrected chi connectivity index (χ0v) is 21.7. The second-order valence-corrected chi connectivity index (χ2v) is 7.10. The summed E-state index contributed by atoms with van der Waals surface area (Å²) in [7, 11) is 0. The van der Waals surface area contributed by atoms with Crippen LogP contribution in [0.3, 0.4) is 0 Å². The van der Waals surface area contributed by atoms with Gasteiger partial charge in [-0.05, 0) is 83.5 Å². The first kappa shape index (κ1) is 37.5. The second kappa shape index (κ2) is 31.4. The van der Waals surface area contributed by atoms with Crippen molar-refractivity contribution in [3.05, 3.63) is 35.9 Å². The van der Waals surface area contributed by atoms with Crippen LogP contribution in [0.5, 0.6) is 0 Å². The van der Waals surface area contributed by atoms with E-state index in [2.05, 4.69) is 46.3 Å². The van der Waals surface area contributed by atoms with Gasteiger partial charge in [-0.3, -0.25) is 0 Å². The molecular formula is C22H46Cl4N4. The molecule has 0 saturated carbocycles. The summed E-state index contributed by atoms with van der Waals surface area (Å²) in [6, 6.07) is 10.7. The highest BCUT2D eigenvalue weighted by molar-refractivity contribution is 5.86. The topological polar surface area (TPSA) is 62.1 Å². The molecule has 0 radical (unpaired) electrons. The predicted octanol–water partition coefficient (Wildman–Crippen LogP) is 4.76. The van der Waals surface area contributed by atoms with Crippen molar-refractivity contribution in [3.63, 3.8) is 0 Å². The van der Waals surface area contributed by atoms with Crippen LogP contribution in [0.1, 0.15) is 56.9 Å². The van der Waals surface area contributed by atoms with Gasteiger partial charge in [0.25, 0.3) is 0 Å². The molecule has 0 aliphatic rings. The Balaban J connectivity index is -0.000000845. The number of hydrogen-bond acceptors (Lipinski definition) is 4. The van der Waals surface area contributed by atoms with Gasteiger partial charge in [0.2, 0.25) is 0 Å². The SMILES string of the molecule is Cl.Cl.Cl.Cl.NCCCNCCCCCCCCNCCCNCCc1ccccc1. The van der Waals surface area contributed by atoms with E-state index >= 15 is 0 Å². The molecular weight excluding hydrogens is 462 g/mol. The molecule has 1 aromatic rings. The highest BCUT2D eigenvalue weighted by atomic mass is 35.5. The van der Waals surface area contributed by atoms with Gasteiger partial charge >= 0.3 is 0 Å². The molecule has 1 rings (SSSR count). The second-order valence-electron chi connectivity index (χ2n) is 7.10. The molecule has 8 heteroatoms. The molecule has 0 fully saturated rings. The van der Waals surface area contributed by atoms with Gasteiger partial charge in [0.05, 0.1) is 0 Å². The summed E-state index contributed by atoms with van der Waals surface area (Å²) in [6.45, 7) is 7.51. The third-order valence-electron chi connectivity index (χ3n) is 4.66. The molecule has 0 saturated heterocycles. The van der Waals surface area contributed by atoms with Gasteiger partial charge in [0, 0.05) is 0 Å². The lowest BCUT2D eigenvalue weighted by Gasteiger charge is -2.07. The third kappa shape index (κ3) is 26.3. The van der Waals surface area contributed by atoms with Crippen molar-refractivity contribution < 1.29 is 0 Å². The van der Waals surface area contributed by atoms with E-state index in [1.165, 1.54) is 57.1 Å². The van der Waals surface area contributed by atoms with Crippen LogP contribution < -0.4 is 21.7 Å². The van der Waals surface area contributed by atoms with Crippen LogP contribution in [0.2, 0.25) is 0 Å². The zero-order valence-electron chi connectivity index (χ0n) is 18.4. The largest absolute Gasteiger partial charge is 0.330 e. The minimum atomic E-state index is 0. The number of hydrogen-bond donors (Lipinski definition) is 4. The molecule has 0 amide bonds. The Morgan fingerprint density at radius 1 is 0.500 bits per heavy atom. The van der Waals surface area contributed by atoms with E-state index < -0.39 is 0 Å². The maximum Gasteiger partial charge on any atom is -0.000834 e. The van der Waals surface area contributed by atoms with E-state index in [9.17, 15) is 0 Å². The van der Waals surface area contributed by atoms with Crippen molar-refractivity contribution in [2.45, 2.75) is 57.8 Å². The van der Waals surface area contributed by atoms with Gasteiger partial charge in [-0.25, -0.2) is 0 Å². The highest BCUT2D eigenvalue weighted by Gasteiger charge is 1.94. The first-order chi connectivity index (χ1) is 12.9. The number of unbranched alkanes of at least 4 members (excludes halogenated alkanes) is 5. The summed E-state index contributed by atoms with van der Waals surface area (Å²) in [5.74, 6) is 0. The molecule has 4 nitrogen and oxygen atoms in total. The monoisotopic (exact) mass is 506 g/mol. The van der Waals surface area contributed by atoms with Crippen LogP contribution in [-0.4, -0.2) is 45.8 Å². The van der Waals surface area contributed by atoms with E-state index in [4.69, 9.17) is 5.73 Å². The van der Waals surface area contributed by atoms with Crippen molar-refractivity contribution in [3.8, 4) is 0 Å². The molecule has 0 atom stereocenters. The van der Waals surface area contributed by atoms with E-state index in [1.807, 2.05) is 0 Å². The van der Waals surface area contributed by atoms with Gasteiger partial charge in [-0.15, -0.1) is 49.6 Å². The lowest BCUT2D eigenvalue weighted by atomic mass is 10.1. The molecule has 30 heavy (non-hydrogen) atoms. The number of halogens is 4. The molecule has 0 bridgehead atoms. The van der Waals surface area contributed by atoms with E-state index in [0.29, 0.717) is 0 Å². The Morgan fingerprint density at radius 2 is 0.933 bits per heavy atom. The molecule has 1 aromatic carbocycles. The summed E-state index contributed by atoms with van der Waals surface area (Å²) in [6.07, 6.45) is 11.5. The van der Waals surface area contributed by atoms with Crippen molar-refractivity contribution in [2.75, 3.05) is 45.8 Å². The Bertz CT molecular complexity index is 400. The summed E-state index contributed by atoms with van der Waals surface area (Å²) in [4.78, 5) is 0. The molecule has 5 N–H and O–H groups in total. The third-order valence-corrected chi connectivity index (χ3v) is 4.66. The molecule has 0 spiro atoms. The lowest BCUT2D eigenvalue weighted by Crippen LogP contribution is -2.24. The zero-order chi connectivity index (χ0) is 18.5. The first-order valence-corrected chi connectivity index (χ1v) is 10.8. The van der Waals surface area contributed by atoms with Crippen LogP contribution in [-0.2, 0) is 6.42 Å². The minimum absolute atomic E-state index is 0. The molecule has 182 valence electrons. The van der Waals surface area contributed by atoms with E-state index in [0.717, 1.165) is 52.1 Å². The van der Waals surface area contributed by atoms with Crippen LogP contribution in [0.4, 0.5) is 0 Å². The number of nitrogens with two attached hydrogens (primary N) is 1. The minimum Gasteiger partial charge on any atom is -0.330 e. The van der Waals surface area contributed by atoms with E-state index in [-0.39, 0.29) is 49.6 Å². The van der Waals surface area contributed by atoms with Gasteiger partial charge in [0.1, 0.15) is 0 Å². The van der Waals surface area contributed by atoms with Gasteiger partial charge in [0.15, 0.2) is 0 Å². The number of benzene rings is 1. The number of nitrogens with one attached hydrogen (secondary N) is 3. The van der Waals surface area contributed by atoms with Crippen LogP contribution >= 0.6 is 49.6 Å². The maximum atomic E-state index is 5.47. The fourth-order valence-electron chi connectivity index (χ4n) is 3.02. The van der Waals surface area contributed by atoms with Gasteiger partial charge in [-0.1, -0.05) is 56.0 Å². The average Bonchev–Trinajstić information content (AvgIpc) is 2.68. The summed E-state index contributed by atoms with van der Waals surface area (Å²) in [5, 5.41) is 10.5. The standard InChI is InChI=1S/C22H42N4.4ClH/c23-15-10-18-24-16-8-3-1-2-4-9-17-25-19-11-20-26-21-14-22-12-6-5-7-13-22;;;;/h5-7,12-13,24-26H,1-4,8-11,14-21,23H2;4*1H. The smallest absolute Gasteiger partial charge is 0.000834 e. The van der Waals surface area contributed by atoms with Crippen LogP contribution in [0.15, 0.2) is 30.3 Å². The maximum absolute atomic E-state index is 5.47. The molecule has 0 heterocycles. The molecule has 0 unspecified atom stereocenters. The van der Waals surface area contributed by atoms with Gasteiger partial charge < -0.3 is 21.7 Å². The first-order valence-electron chi connectivity index (χ1n) is 10.8. The average molecular weight is 508 g/mol.